The van der Waals surface area contributed by atoms with Crippen LogP contribution in [-0.2, 0) is 0 Å². The fraction of sp³-hybridized carbons (Fsp3) is 0.500. The lowest BCUT2D eigenvalue weighted by atomic mass is 9.78. The Balaban J connectivity index is 2.09. The highest BCUT2D eigenvalue weighted by atomic mass is 79.9. The van der Waals surface area contributed by atoms with Crippen molar-refractivity contribution in [1.82, 2.24) is 4.90 Å². The van der Waals surface area contributed by atoms with Crippen LogP contribution in [-0.4, -0.2) is 29.9 Å². The van der Waals surface area contributed by atoms with Crippen LogP contribution in [0.4, 0.5) is 0 Å². The molecule has 2 N–H and O–H groups in total. The number of amides is 1. The van der Waals surface area contributed by atoms with E-state index in [2.05, 4.69) is 29.8 Å². The molecule has 1 aliphatic rings. The summed E-state index contributed by atoms with van der Waals surface area (Å²) < 4.78 is 0.982. The van der Waals surface area contributed by atoms with Crippen LogP contribution < -0.4 is 5.73 Å². The maximum Gasteiger partial charge on any atom is 0.253 e. The fourth-order valence-electron chi connectivity index (χ4n) is 2.14. The Bertz CT molecular complexity index is 442. The van der Waals surface area contributed by atoms with Crippen molar-refractivity contribution >= 4 is 21.8 Å². The zero-order chi connectivity index (χ0) is 13.3. The molecule has 1 fully saturated rings. The number of hydrogen-bond acceptors (Lipinski definition) is 2. The largest absolute Gasteiger partial charge is 0.337 e. The van der Waals surface area contributed by atoms with Crippen molar-refractivity contribution in [2.75, 3.05) is 13.1 Å². The summed E-state index contributed by atoms with van der Waals surface area (Å²) in [4.78, 5) is 14.2. The van der Waals surface area contributed by atoms with Crippen LogP contribution >= 0.6 is 15.9 Å². The van der Waals surface area contributed by atoms with Gasteiger partial charge in [-0.25, -0.2) is 0 Å². The molecule has 0 spiro atoms. The fourth-order valence-corrected chi connectivity index (χ4v) is 2.41. The van der Waals surface area contributed by atoms with Crippen molar-refractivity contribution in [2.24, 2.45) is 11.1 Å². The van der Waals surface area contributed by atoms with Crippen molar-refractivity contribution in [2.45, 2.75) is 26.3 Å². The minimum Gasteiger partial charge on any atom is -0.337 e. The zero-order valence-corrected chi connectivity index (χ0v) is 12.4. The average Bonchev–Trinajstić information content (AvgIpc) is 2.33. The Morgan fingerprint density at radius 1 is 1.39 bits per heavy atom. The third-order valence-corrected chi connectivity index (χ3v) is 4.35. The van der Waals surface area contributed by atoms with E-state index in [-0.39, 0.29) is 17.4 Å². The first kappa shape index (κ1) is 13.6. The third kappa shape index (κ3) is 2.75. The number of nitrogens with two attached hydrogens (primary N) is 1. The number of halogens is 1. The highest BCUT2D eigenvalue weighted by molar-refractivity contribution is 9.10. The standard InChI is InChI=1S/C14H19BrN2O/c1-14(2)7-8-17(9-12(14)16)13(18)10-3-5-11(15)6-4-10/h3-6,12H,7-9,16H2,1-2H3. The summed E-state index contributed by atoms with van der Waals surface area (Å²) in [6.07, 6.45) is 0.955. The molecule has 1 aromatic carbocycles. The van der Waals surface area contributed by atoms with Gasteiger partial charge in [0.05, 0.1) is 0 Å². The van der Waals surface area contributed by atoms with Gasteiger partial charge >= 0.3 is 0 Å². The highest BCUT2D eigenvalue weighted by Crippen LogP contribution is 2.29. The first-order chi connectivity index (χ1) is 8.40. The van der Waals surface area contributed by atoms with Crippen LogP contribution in [0.2, 0.25) is 0 Å². The lowest BCUT2D eigenvalue weighted by Gasteiger charge is -2.42. The minimum atomic E-state index is 0.0469. The van der Waals surface area contributed by atoms with Gasteiger partial charge in [-0.2, -0.15) is 0 Å². The van der Waals surface area contributed by atoms with Crippen LogP contribution in [0, 0.1) is 5.41 Å². The lowest BCUT2D eigenvalue weighted by molar-refractivity contribution is 0.0575. The van der Waals surface area contributed by atoms with Crippen LogP contribution in [0.1, 0.15) is 30.6 Å². The molecule has 0 aliphatic carbocycles. The SMILES string of the molecule is CC1(C)CCN(C(=O)c2ccc(Br)cc2)CC1N. The first-order valence-corrected chi connectivity index (χ1v) is 7.00. The number of carbonyl (C=O) groups is 1. The molecule has 0 radical (unpaired) electrons. The van der Waals surface area contributed by atoms with Gasteiger partial charge in [0.2, 0.25) is 0 Å². The lowest BCUT2D eigenvalue weighted by Crippen LogP contribution is -2.54. The molecule has 3 nitrogen and oxygen atoms in total. The van der Waals surface area contributed by atoms with E-state index in [4.69, 9.17) is 5.73 Å². The third-order valence-electron chi connectivity index (χ3n) is 3.83. The van der Waals surface area contributed by atoms with E-state index >= 15 is 0 Å². The van der Waals surface area contributed by atoms with Gasteiger partial charge in [0.1, 0.15) is 0 Å². The number of benzene rings is 1. The zero-order valence-electron chi connectivity index (χ0n) is 10.8. The Morgan fingerprint density at radius 3 is 2.56 bits per heavy atom. The Hall–Kier alpha value is -0.870. The van der Waals surface area contributed by atoms with E-state index in [1.807, 2.05) is 29.2 Å². The summed E-state index contributed by atoms with van der Waals surface area (Å²) in [5.41, 5.74) is 6.99. The molecule has 0 saturated carbocycles. The molecule has 1 atom stereocenters. The summed E-state index contributed by atoms with van der Waals surface area (Å²) in [5, 5.41) is 0. The maximum absolute atomic E-state index is 12.3. The van der Waals surface area contributed by atoms with Crippen molar-refractivity contribution in [3.8, 4) is 0 Å². The van der Waals surface area contributed by atoms with Crippen molar-refractivity contribution in [3.63, 3.8) is 0 Å². The van der Waals surface area contributed by atoms with E-state index in [1.165, 1.54) is 0 Å². The average molecular weight is 311 g/mol. The van der Waals surface area contributed by atoms with E-state index in [1.54, 1.807) is 0 Å². The van der Waals surface area contributed by atoms with Crippen LogP contribution in [0.3, 0.4) is 0 Å². The second-order valence-electron chi connectivity index (χ2n) is 5.60. The van der Waals surface area contributed by atoms with Gasteiger partial charge in [-0.15, -0.1) is 0 Å². The Morgan fingerprint density at radius 2 is 2.00 bits per heavy atom. The quantitative estimate of drug-likeness (QED) is 0.867. The van der Waals surface area contributed by atoms with Gasteiger partial charge in [-0.05, 0) is 36.1 Å². The molecule has 0 bridgehead atoms. The number of hydrogen-bond donors (Lipinski definition) is 1. The highest BCUT2D eigenvalue weighted by Gasteiger charge is 2.34. The summed E-state index contributed by atoms with van der Waals surface area (Å²) in [6, 6.07) is 7.52. The van der Waals surface area contributed by atoms with Gasteiger partial charge in [0.15, 0.2) is 0 Å². The van der Waals surface area contributed by atoms with E-state index < -0.39 is 0 Å². The molecule has 18 heavy (non-hydrogen) atoms. The van der Waals surface area contributed by atoms with Crippen LogP contribution in [0.25, 0.3) is 0 Å². The molecule has 0 aromatic heterocycles. The second-order valence-corrected chi connectivity index (χ2v) is 6.52. The Kier molecular flexibility index (Phi) is 3.78. The number of rotatable bonds is 1. The predicted octanol–water partition coefficient (Wildman–Crippen LogP) is 2.65. The smallest absolute Gasteiger partial charge is 0.253 e. The summed E-state index contributed by atoms with van der Waals surface area (Å²) in [5.74, 6) is 0.0773. The second kappa shape index (κ2) is 5.02. The first-order valence-electron chi connectivity index (χ1n) is 6.20. The monoisotopic (exact) mass is 310 g/mol. The number of likely N-dealkylation sites (tertiary alicyclic amines) is 1. The van der Waals surface area contributed by atoms with Crippen molar-refractivity contribution in [1.29, 1.82) is 0 Å². The molecule has 1 unspecified atom stereocenters. The van der Waals surface area contributed by atoms with Gasteiger partial charge in [-0.1, -0.05) is 29.8 Å². The molecule has 1 aliphatic heterocycles. The van der Waals surface area contributed by atoms with E-state index in [0.29, 0.717) is 6.54 Å². The summed E-state index contributed by atoms with van der Waals surface area (Å²) in [6.45, 7) is 5.76. The van der Waals surface area contributed by atoms with E-state index in [0.717, 1.165) is 23.0 Å². The predicted molar refractivity (Wildman–Crippen MR) is 76.4 cm³/mol. The molecular weight excluding hydrogens is 292 g/mol. The van der Waals surface area contributed by atoms with Crippen molar-refractivity contribution in [3.05, 3.63) is 34.3 Å². The number of piperidine rings is 1. The van der Waals surface area contributed by atoms with Gasteiger partial charge in [0, 0.05) is 29.2 Å². The van der Waals surface area contributed by atoms with Gasteiger partial charge in [0.25, 0.3) is 5.91 Å². The van der Waals surface area contributed by atoms with Crippen LogP contribution in [0.5, 0.6) is 0 Å². The summed E-state index contributed by atoms with van der Waals surface area (Å²) >= 11 is 3.37. The molecule has 1 saturated heterocycles. The van der Waals surface area contributed by atoms with Crippen molar-refractivity contribution < 1.29 is 4.79 Å². The normalized spacial score (nSPS) is 22.9. The molecule has 1 amide bonds. The van der Waals surface area contributed by atoms with E-state index in [9.17, 15) is 4.79 Å². The molecule has 98 valence electrons. The van der Waals surface area contributed by atoms with Gasteiger partial charge < -0.3 is 10.6 Å². The van der Waals surface area contributed by atoms with Crippen LogP contribution in [0.15, 0.2) is 28.7 Å². The Labute approximate surface area is 116 Å². The summed E-state index contributed by atoms with van der Waals surface area (Å²) in [7, 11) is 0. The molecular formula is C14H19BrN2O. The minimum absolute atomic E-state index is 0.0469. The molecule has 1 heterocycles. The molecule has 2 rings (SSSR count). The molecule has 1 aromatic rings. The maximum atomic E-state index is 12.3. The number of carbonyl (C=O) groups excluding carboxylic acids is 1. The van der Waals surface area contributed by atoms with Gasteiger partial charge in [-0.3, -0.25) is 4.79 Å². The topological polar surface area (TPSA) is 46.3 Å². The number of nitrogens with zero attached hydrogens (tertiary/aromatic N) is 1. The molecule has 4 heteroatoms.